The van der Waals surface area contributed by atoms with Gasteiger partial charge in [0.15, 0.2) is 9.84 Å². The number of hydrogen-bond donors (Lipinski definition) is 1. The van der Waals surface area contributed by atoms with Crippen LogP contribution in [-0.4, -0.2) is 50.0 Å². The molecule has 0 bridgehead atoms. The van der Waals surface area contributed by atoms with E-state index in [-0.39, 0.29) is 11.3 Å². The minimum atomic E-state index is -2.93. The third kappa shape index (κ3) is 4.17. The smallest absolute Gasteiger partial charge is 0.152 e. The molecule has 2 N–H and O–H groups in total. The maximum atomic E-state index is 12.0. The van der Waals surface area contributed by atoms with Gasteiger partial charge in [0, 0.05) is 18.6 Å². The van der Waals surface area contributed by atoms with Crippen molar-refractivity contribution >= 4 is 9.84 Å². The fraction of sp³-hybridized carbons (Fsp3) is 1.00. The average Bonchev–Trinajstić information content (AvgIpc) is 2.39. The van der Waals surface area contributed by atoms with Crippen molar-refractivity contribution in [2.24, 2.45) is 11.7 Å². The molecule has 0 aromatic heterocycles. The van der Waals surface area contributed by atoms with Crippen molar-refractivity contribution < 1.29 is 8.42 Å². The van der Waals surface area contributed by atoms with Crippen LogP contribution in [0.1, 0.15) is 46.5 Å². The summed E-state index contributed by atoms with van der Waals surface area (Å²) in [4.78, 5) is 2.33. The predicted octanol–water partition coefficient (Wildman–Crippen LogP) is 1.65. The van der Waals surface area contributed by atoms with Gasteiger partial charge in [0.1, 0.15) is 0 Å². The molecule has 1 saturated heterocycles. The minimum Gasteiger partial charge on any atom is -0.329 e. The van der Waals surface area contributed by atoms with Gasteiger partial charge in [0.2, 0.25) is 0 Å². The van der Waals surface area contributed by atoms with E-state index in [0.29, 0.717) is 18.2 Å². The van der Waals surface area contributed by atoms with Crippen LogP contribution in [-0.2, 0) is 9.84 Å². The number of nitrogens with two attached hydrogens (primary N) is 1. The van der Waals surface area contributed by atoms with Crippen LogP contribution in [0.5, 0.6) is 0 Å². The zero-order valence-corrected chi connectivity index (χ0v) is 13.5. The second-order valence-corrected chi connectivity index (χ2v) is 8.03. The van der Waals surface area contributed by atoms with Gasteiger partial charge in [0.25, 0.3) is 0 Å². The van der Waals surface area contributed by atoms with Crippen molar-refractivity contribution in [2.75, 3.05) is 31.1 Å². The molecule has 0 spiro atoms. The highest BCUT2D eigenvalue weighted by atomic mass is 32.2. The summed E-state index contributed by atoms with van der Waals surface area (Å²) in [7, 11) is -2.93. The van der Waals surface area contributed by atoms with Crippen molar-refractivity contribution in [3.05, 3.63) is 0 Å². The average molecular weight is 290 g/mol. The monoisotopic (exact) mass is 290 g/mol. The fourth-order valence-electron chi connectivity index (χ4n) is 3.23. The lowest BCUT2D eigenvalue weighted by Gasteiger charge is -2.46. The molecule has 0 radical (unpaired) electrons. The molecule has 1 heterocycles. The maximum Gasteiger partial charge on any atom is 0.152 e. The lowest BCUT2D eigenvalue weighted by atomic mass is 9.90. The van der Waals surface area contributed by atoms with Crippen molar-refractivity contribution in [1.29, 1.82) is 0 Å². The molecule has 0 aromatic carbocycles. The molecular formula is C14H30N2O2S. The molecule has 1 aliphatic heterocycles. The third-order valence-corrected chi connectivity index (χ3v) is 6.54. The fourth-order valence-corrected chi connectivity index (χ4v) is 5.22. The second kappa shape index (κ2) is 7.04. The van der Waals surface area contributed by atoms with Crippen LogP contribution >= 0.6 is 0 Å². The highest BCUT2D eigenvalue weighted by Gasteiger charge is 2.42. The molecule has 114 valence electrons. The molecule has 19 heavy (non-hydrogen) atoms. The Kier molecular flexibility index (Phi) is 6.27. The van der Waals surface area contributed by atoms with E-state index in [0.717, 1.165) is 38.8 Å². The topological polar surface area (TPSA) is 63.4 Å². The lowest BCUT2D eigenvalue weighted by Crippen LogP contribution is -2.61. The number of hydrogen-bond acceptors (Lipinski definition) is 4. The maximum absolute atomic E-state index is 12.0. The Balaban J connectivity index is 2.90. The summed E-state index contributed by atoms with van der Waals surface area (Å²) in [6.45, 7) is 8.81. The van der Waals surface area contributed by atoms with Gasteiger partial charge in [0.05, 0.1) is 11.5 Å². The Morgan fingerprint density at radius 1 is 1.26 bits per heavy atom. The standard InChI is InChI=1S/C14H30N2O2S/c1-4-13(5-2)10-16(6-3)14(11-15)8-7-9-19(17,18)12-14/h13H,4-12,15H2,1-3H3. The molecule has 1 unspecified atom stereocenters. The zero-order chi connectivity index (χ0) is 14.5. The SMILES string of the molecule is CCC(CC)CN(CC)C1(CN)CCCS(=O)(=O)C1. The molecule has 5 heteroatoms. The number of likely N-dealkylation sites (N-methyl/N-ethyl adjacent to an activating group) is 1. The largest absolute Gasteiger partial charge is 0.329 e. The number of nitrogens with zero attached hydrogens (tertiary/aromatic N) is 1. The van der Waals surface area contributed by atoms with Crippen LogP contribution in [0.15, 0.2) is 0 Å². The molecule has 4 nitrogen and oxygen atoms in total. The summed E-state index contributed by atoms with van der Waals surface area (Å²) < 4.78 is 24.0. The van der Waals surface area contributed by atoms with Gasteiger partial charge < -0.3 is 5.73 Å². The molecule has 0 saturated carbocycles. The van der Waals surface area contributed by atoms with Crippen molar-refractivity contribution in [1.82, 2.24) is 4.90 Å². The van der Waals surface area contributed by atoms with Crippen LogP contribution in [0.2, 0.25) is 0 Å². The predicted molar refractivity (Wildman–Crippen MR) is 81.0 cm³/mol. The second-order valence-electron chi connectivity index (χ2n) is 5.85. The molecule has 0 amide bonds. The summed E-state index contributed by atoms with van der Waals surface area (Å²) in [5, 5.41) is 0. The Morgan fingerprint density at radius 2 is 1.89 bits per heavy atom. The quantitative estimate of drug-likeness (QED) is 0.774. The Labute approximate surface area is 118 Å². The summed E-state index contributed by atoms with van der Waals surface area (Å²) in [5.41, 5.74) is 5.66. The minimum absolute atomic E-state index is 0.241. The first-order valence-electron chi connectivity index (χ1n) is 7.58. The third-order valence-electron chi connectivity index (χ3n) is 4.65. The lowest BCUT2D eigenvalue weighted by molar-refractivity contribution is 0.0847. The number of rotatable bonds is 7. The van der Waals surface area contributed by atoms with Crippen LogP contribution < -0.4 is 5.73 Å². The molecule has 1 fully saturated rings. The van der Waals surface area contributed by atoms with Gasteiger partial charge in [-0.1, -0.05) is 33.6 Å². The van der Waals surface area contributed by atoms with Gasteiger partial charge >= 0.3 is 0 Å². The normalized spacial score (nSPS) is 27.1. The van der Waals surface area contributed by atoms with Gasteiger partial charge in [-0.3, -0.25) is 4.90 Å². The highest BCUT2D eigenvalue weighted by molar-refractivity contribution is 7.91. The number of sulfone groups is 1. The van der Waals surface area contributed by atoms with Gasteiger partial charge in [-0.2, -0.15) is 0 Å². The van der Waals surface area contributed by atoms with Gasteiger partial charge in [-0.25, -0.2) is 8.42 Å². The van der Waals surface area contributed by atoms with Crippen LogP contribution in [0.4, 0.5) is 0 Å². The molecular weight excluding hydrogens is 260 g/mol. The van der Waals surface area contributed by atoms with E-state index in [1.165, 1.54) is 0 Å². The summed E-state index contributed by atoms with van der Waals surface area (Å²) in [5.74, 6) is 1.20. The summed E-state index contributed by atoms with van der Waals surface area (Å²) >= 11 is 0. The first-order valence-corrected chi connectivity index (χ1v) is 9.40. The van der Waals surface area contributed by atoms with Crippen molar-refractivity contribution in [3.63, 3.8) is 0 Å². The van der Waals surface area contributed by atoms with Crippen molar-refractivity contribution in [2.45, 2.75) is 52.0 Å². The van der Waals surface area contributed by atoms with E-state index < -0.39 is 9.84 Å². The van der Waals surface area contributed by atoms with Crippen molar-refractivity contribution in [3.8, 4) is 0 Å². The van der Waals surface area contributed by atoms with Crippen LogP contribution in [0, 0.1) is 5.92 Å². The van der Waals surface area contributed by atoms with Crippen LogP contribution in [0.25, 0.3) is 0 Å². The summed E-state index contributed by atoms with van der Waals surface area (Å²) in [6, 6.07) is 0. The Morgan fingerprint density at radius 3 is 2.32 bits per heavy atom. The van der Waals surface area contributed by atoms with E-state index in [9.17, 15) is 8.42 Å². The molecule has 0 aliphatic carbocycles. The van der Waals surface area contributed by atoms with E-state index in [1.54, 1.807) is 0 Å². The van der Waals surface area contributed by atoms with Gasteiger partial charge in [-0.05, 0) is 25.3 Å². The van der Waals surface area contributed by atoms with E-state index in [4.69, 9.17) is 5.73 Å². The molecule has 1 atom stereocenters. The zero-order valence-electron chi connectivity index (χ0n) is 12.7. The highest BCUT2D eigenvalue weighted by Crippen LogP contribution is 2.29. The Hall–Kier alpha value is -0.130. The van der Waals surface area contributed by atoms with Gasteiger partial charge in [-0.15, -0.1) is 0 Å². The first-order chi connectivity index (χ1) is 8.93. The van der Waals surface area contributed by atoms with E-state index in [1.807, 2.05) is 0 Å². The summed E-state index contributed by atoms with van der Waals surface area (Å²) in [6.07, 6.45) is 3.94. The molecule has 1 rings (SSSR count). The van der Waals surface area contributed by atoms with E-state index in [2.05, 4.69) is 25.7 Å². The first kappa shape index (κ1) is 16.9. The Bertz CT molecular complexity index is 366. The molecule has 0 aromatic rings. The molecule has 1 aliphatic rings. The van der Waals surface area contributed by atoms with E-state index >= 15 is 0 Å². The van der Waals surface area contributed by atoms with Crippen LogP contribution in [0.3, 0.4) is 0 Å².